The van der Waals surface area contributed by atoms with Crippen LogP contribution in [0, 0.1) is 0 Å². The van der Waals surface area contributed by atoms with Crippen molar-refractivity contribution in [3.63, 3.8) is 0 Å². The summed E-state index contributed by atoms with van der Waals surface area (Å²) in [7, 11) is 0. The van der Waals surface area contributed by atoms with Gasteiger partial charge in [0.25, 0.3) is 11.1 Å². The fourth-order valence-electron chi connectivity index (χ4n) is 8.55. The number of carbonyl (C=O) groups is 2. The van der Waals surface area contributed by atoms with Gasteiger partial charge in [0.05, 0.1) is 37.6 Å². The SMILES string of the molecule is O=C(CN1c2ccccc2Cn2c1nc(-c1ccncc1)cc2=O)c1ccc(N2CCCC2)cc1.O=C(CN1c2ccccc2Cn2c1nc(-c1ccncc1)cc2=O)c1cccnc1. The van der Waals surface area contributed by atoms with Crippen molar-refractivity contribution in [2.75, 3.05) is 40.9 Å². The average molecular weight is 859 g/mol. The largest absolute Gasteiger partial charge is 0.372 e. The summed E-state index contributed by atoms with van der Waals surface area (Å²) in [5.74, 6) is 0.801. The van der Waals surface area contributed by atoms with E-state index in [2.05, 4.69) is 19.9 Å². The second-order valence-electron chi connectivity index (χ2n) is 16.0. The average Bonchev–Trinajstić information content (AvgIpc) is 3.91. The molecule has 5 aromatic heterocycles. The minimum absolute atomic E-state index is 0.0233. The van der Waals surface area contributed by atoms with Crippen LogP contribution in [0.4, 0.5) is 29.0 Å². The van der Waals surface area contributed by atoms with Crippen LogP contribution in [0.2, 0.25) is 0 Å². The summed E-state index contributed by atoms with van der Waals surface area (Å²) in [5, 5.41) is 0. The Bertz CT molecular complexity index is 3150. The van der Waals surface area contributed by atoms with Gasteiger partial charge < -0.3 is 14.7 Å². The number of hydrogen-bond acceptors (Lipinski definition) is 12. The van der Waals surface area contributed by atoms with Crippen LogP contribution < -0.4 is 25.8 Å². The highest BCUT2D eigenvalue weighted by atomic mass is 16.1. The van der Waals surface area contributed by atoms with Crippen molar-refractivity contribution >= 4 is 40.5 Å². The van der Waals surface area contributed by atoms with Crippen molar-refractivity contribution in [2.24, 2.45) is 0 Å². The minimum atomic E-state index is -0.167. The number of Topliss-reactive ketones (excluding diaryl/α,β-unsaturated/α-hetero) is 2. The third kappa shape index (κ3) is 8.32. The van der Waals surface area contributed by atoms with Gasteiger partial charge in [-0.15, -0.1) is 0 Å². The molecule has 8 aromatic rings. The smallest absolute Gasteiger partial charge is 0.255 e. The first-order valence-corrected chi connectivity index (χ1v) is 21.4. The van der Waals surface area contributed by atoms with Gasteiger partial charge >= 0.3 is 0 Å². The fourth-order valence-corrected chi connectivity index (χ4v) is 8.55. The Morgan fingerprint density at radius 1 is 0.508 bits per heavy atom. The van der Waals surface area contributed by atoms with Crippen LogP contribution in [0.5, 0.6) is 0 Å². The molecule has 0 spiro atoms. The van der Waals surface area contributed by atoms with Gasteiger partial charge in [-0.25, -0.2) is 9.97 Å². The lowest BCUT2D eigenvalue weighted by Crippen LogP contribution is -2.37. The number of hydrogen-bond donors (Lipinski definition) is 0. The van der Waals surface area contributed by atoms with Crippen LogP contribution in [0.3, 0.4) is 0 Å². The Kier molecular flexibility index (Phi) is 11.1. The molecule has 0 atom stereocenters. The first kappa shape index (κ1) is 40.7. The number of fused-ring (bicyclic) bond motifs is 4. The Morgan fingerprint density at radius 2 is 1.00 bits per heavy atom. The molecule has 0 unspecified atom stereocenters. The van der Waals surface area contributed by atoms with E-state index >= 15 is 0 Å². The second-order valence-corrected chi connectivity index (χ2v) is 16.0. The molecule has 11 rings (SSSR count). The van der Waals surface area contributed by atoms with Gasteiger partial charge in [-0.2, -0.15) is 0 Å². The van der Waals surface area contributed by atoms with Crippen LogP contribution in [0.15, 0.2) is 168 Å². The van der Waals surface area contributed by atoms with Crippen molar-refractivity contribution in [1.82, 2.24) is 34.1 Å². The van der Waals surface area contributed by atoms with E-state index in [1.807, 2.05) is 89.8 Å². The summed E-state index contributed by atoms with van der Waals surface area (Å²) in [6, 6.07) is 37.3. The summed E-state index contributed by atoms with van der Waals surface area (Å²) in [4.78, 5) is 80.2. The molecule has 3 aliphatic heterocycles. The molecule has 0 N–H and O–H groups in total. The van der Waals surface area contributed by atoms with Crippen molar-refractivity contribution in [2.45, 2.75) is 25.9 Å². The lowest BCUT2D eigenvalue weighted by atomic mass is 10.1. The normalized spacial score (nSPS) is 13.4. The zero-order chi connectivity index (χ0) is 44.3. The summed E-state index contributed by atoms with van der Waals surface area (Å²) >= 11 is 0. The molecule has 3 aromatic carbocycles. The van der Waals surface area contributed by atoms with Gasteiger partial charge in [0, 0.05) is 102 Å². The number of aromatic nitrogens is 7. The molecule has 0 saturated carbocycles. The number of nitrogens with zero attached hydrogens (tertiary/aromatic N) is 10. The van der Waals surface area contributed by atoms with E-state index in [1.54, 1.807) is 81.5 Å². The molecule has 1 saturated heterocycles. The Balaban J connectivity index is 0.000000155. The third-order valence-corrected chi connectivity index (χ3v) is 11.9. The van der Waals surface area contributed by atoms with Gasteiger partial charge in [-0.05, 0) is 96.8 Å². The predicted molar refractivity (Wildman–Crippen MR) is 249 cm³/mol. The van der Waals surface area contributed by atoms with E-state index in [0.29, 0.717) is 47.5 Å². The van der Waals surface area contributed by atoms with Crippen molar-refractivity contribution in [1.29, 1.82) is 0 Å². The fraction of sp³-hybridized carbons (Fsp3) is 0.157. The molecule has 3 aliphatic rings. The lowest BCUT2D eigenvalue weighted by molar-refractivity contribution is 0.0992. The van der Waals surface area contributed by atoms with Gasteiger partial charge in [0.15, 0.2) is 11.6 Å². The van der Waals surface area contributed by atoms with E-state index in [0.717, 1.165) is 52.4 Å². The van der Waals surface area contributed by atoms with Crippen molar-refractivity contribution < 1.29 is 9.59 Å². The number of ketones is 2. The number of para-hydroxylation sites is 2. The van der Waals surface area contributed by atoms with E-state index in [4.69, 9.17) is 9.97 Å². The molecule has 8 heterocycles. The molecule has 0 amide bonds. The van der Waals surface area contributed by atoms with Crippen LogP contribution in [0.1, 0.15) is 44.7 Å². The minimum Gasteiger partial charge on any atom is -0.372 e. The highest BCUT2D eigenvalue weighted by Crippen LogP contribution is 2.35. The standard InChI is InChI=1S/C28H25N5O2.C23H17N5O2/c34-26(21-7-9-23(10-8-21)31-15-3-4-16-31)19-32-25-6-2-1-5-22(25)18-33-27(35)17-24(30-28(32)33)20-11-13-29-14-12-20;29-21(17-5-3-9-25-13-17)15-27-20-6-2-1-4-18(20)14-28-22(30)12-19(26-23(27)28)16-7-10-24-11-8-16/h1-2,5-14,17H,3-4,15-16,18-19H2;1-13H,14-15H2. The number of benzene rings is 3. The van der Waals surface area contributed by atoms with Crippen LogP contribution in [-0.4, -0.2) is 71.8 Å². The first-order valence-electron chi connectivity index (χ1n) is 21.4. The molecular formula is C51H42N10O4. The molecule has 14 nitrogen and oxygen atoms in total. The quantitative estimate of drug-likeness (QED) is 0.133. The molecule has 0 bridgehead atoms. The molecule has 65 heavy (non-hydrogen) atoms. The number of rotatable bonds is 9. The Hall–Kier alpha value is -8.39. The predicted octanol–water partition coefficient (Wildman–Crippen LogP) is 7.37. The number of anilines is 5. The van der Waals surface area contributed by atoms with Crippen LogP contribution in [-0.2, 0) is 13.1 Å². The first-order chi connectivity index (χ1) is 31.9. The topological polar surface area (TPSA) is 152 Å². The third-order valence-electron chi connectivity index (χ3n) is 11.9. The highest BCUT2D eigenvalue weighted by molar-refractivity contribution is 6.01. The van der Waals surface area contributed by atoms with Gasteiger partial charge in [-0.3, -0.25) is 43.3 Å². The van der Waals surface area contributed by atoms with Gasteiger partial charge in [-0.1, -0.05) is 36.4 Å². The summed E-state index contributed by atoms with van der Waals surface area (Å²) in [6.07, 6.45) is 12.3. The van der Waals surface area contributed by atoms with Gasteiger partial charge in [0.1, 0.15) is 0 Å². The maximum Gasteiger partial charge on any atom is 0.255 e. The maximum absolute atomic E-state index is 13.4. The summed E-state index contributed by atoms with van der Waals surface area (Å²) in [6.45, 7) is 3.10. The molecule has 0 aliphatic carbocycles. The maximum atomic E-state index is 13.4. The number of carbonyl (C=O) groups excluding carboxylic acids is 2. The number of pyridine rings is 3. The van der Waals surface area contributed by atoms with Crippen LogP contribution in [0.25, 0.3) is 22.5 Å². The van der Waals surface area contributed by atoms with E-state index < -0.39 is 0 Å². The van der Waals surface area contributed by atoms with E-state index in [-0.39, 0.29) is 35.8 Å². The highest BCUT2D eigenvalue weighted by Gasteiger charge is 2.29. The second kappa shape index (κ2) is 17.8. The van der Waals surface area contributed by atoms with Crippen molar-refractivity contribution in [3.05, 3.63) is 201 Å². The molecule has 0 radical (unpaired) electrons. The van der Waals surface area contributed by atoms with E-state index in [1.165, 1.54) is 18.9 Å². The molecule has 320 valence electrons. The van der Waals surface area contributed by atoms with Crippen molar-refractivity contribution in [3.8, 4) is 22.5 Å². The summed E-state index contributed by atoms with van der Waals surface area (Å²) < 4.78 is 3.24. The Morgan fingerprint density at radius 3 is 1.49 bits per heavy atom. The van der Waals surface area contributed by atoms with Gasteiger partial charge in [0.2, 0.25) is 11.9 Å². The van der Waals surface area contributed by atoms with E-state index in [9.17, 15) is 19.2 Å². The molecule has 14 heteroatoms. The zero-order valence-electron chi connectivity index (χ0n) is 35.3. The van der Waals surface area contributed by atoms with Crippen LogP contribution >= 0.6 is 0 Å². The molecular weight excluding hydrogens is 817 g/mol. The molecule has 1 fully saturated rings. The Labute approximate surface area is 373 Å². The zero-order valence-corrected chi connectivity index (χ0v) is 35.3. The lowest BCUT2D eigenvalue weighted by Gasteiger charge is -2.32. The summed E-state index contributed by atoms with van der Waals surface area (Å²) in [5.41, 5.74) is 8.43. The monoisotopic (exact) mass is 858 g/mol.